The summed E-state index contributed by atoms with van der Waals surface area (Å²) >= 11 is 0. The van der Waals surface area contributed by atoms with E-state index in [1.165, 1.54) is 18.4 Å². The molecule has 1 atom stereocenters. The molecule has 2 aromatic heterocycles. The van der Waals surface area contributed by atoms with Gasteiger partial charge < -0.3 is 15.7 Å². The first-order valence-electron chi connectivity index (χ1n) is 11.8. The van der Waals surface area contributed by atoms with Gasteiger partial charge in [0.15, 0.2) is 0 Å². The Hall–Kier alpha value is -4.38. The standard InChI is InChI=1S/C25H23N5O.C2HF3O2/c31-25(30-23-5-1-2-13-28-23)18-8-6-17(7-9-18)20-10-11-21(19-4-3-12-26-14-19)24-22(20)15-27-16-29-24;3-2(4,5)1(6)7/h1-2,5-11,13,15-16,19,26H,3-4,12,14H2,(H,28,30,31);(H,6,7). The molecule has 0 saturated carbocycles. The number of hydrogen-bond donors (Lipinski definition) is 3. The van der Waals surface area contributed by atoms with Gasteiger partial charge in [0.05, 0.1) is 5.52 Å². The zero-order valence-corrected chi connectivity index (χ0v) is 20.1. The van der Waals surface area contributed by atoms with Crippen molar-refractivity contribution in [1.82, 2.24) is 20.3 Å². The molecule has 1 fully saturated rings. The molecule has 196 valence electrons. The smallest absolute Gasteiger partial charge is 0.475 e. The van der Waals surface area contributed by atoms with Crippen LogP contribution in [-0.2, 0) is 4.79 Å². The van der Waals surface area contributed by atoms with Gasteiger partial charge in [-0.1, -0.05) is 30.3 Å². The van der Waals surface area contributed by atoms with Gasteiger partial charge >= 0.3 is 12.1 Å². The summed E-state index contributed by atoms with van der Waals surface area (Å²) in [6, 6.07) is 17.4. The molecule has 4 aromatic rings. The van der Waals surface area contributed by atoms with Crippen molar-refractivity contribution in [2.24, 2.45) is 0 Å². The third-order valence-electron chi connectivity index (χ3n) is 6.05. The number of piperidine rings is 1. The van der Waals surface area contributed by atoms with E-state index in [2.05, 4.69) is 37.7 Å². The van der Waals surface area contributed by atoms with Gasteiger partial charge in [-0.2, -0.15) is 13.2 Å². The number of carbonyl (C=O) groups excluding carboxylic acids is 1. The molecule has 1 saturated heterocycles. The van der Waals surface area contributed by atoms with E-state index in [-0.39, 0.29) is 5.91 Å². The maximum Gasteiger partial charge on any atom is 0.490 e. The summed E-state index contributed by atoms with van der Waals surface area (Å²) in [5.41, 5.74) is 4.97. The number of rotatable bonds is 4. The molecule has 2 aromatic carbocycles. The summed E-state index contributed by atoms with van der Waals surface area (Å²) < 4.78 is 31.7. The van der Waals surface area contributed by atoms with Crippen molar-refractivity contribution in [3.63, 3.8) is 0 Å². The fourth-order valence-electron chi connectivity index (χ4n) is 4.22. The zero-order chi connectivity index (χ0) is 27.1. The van der Waals surface area contributed by atoms with Gasteiger partial charge in [-0.15, -0.1) is 0 Å². The van der Waals surface area contributed by atoms with Gasteiger partial charge in [-0.05, 0) is 66.3 Å². The number of nitrogens with zero attached hydrogens (tertiary/aromatic N) is 3. The van der Waals surface area contributed by atoms with Crippen LogP contribution < -0.4 is 10.6 Å². The summed E-state index contributed by atoms with van der Waals surface area (Å²) in [7, 11) is 0. The number of halogens is 3. The molecule has 0 radical (unpaired) electrons. The average molecular weight is 524 g/mol. The third kappa shape index (κ3) is 6.48. The van der Waals surface area contributed by atoms with Crippen molar-refractivity contribution in [3.8, 4) is 11.1 Å². The number of alkyl halides is 3. The lowest BCUT2D eigenvalue weighted by Gasteiger charge is -2.24. The zero-order valence-electron chi connectivity index (χ0n) is 20.1. The number of nitrogens with one attached hydrogen (secondary N) is 2. The van der Waals surface area contributed by atoms with Crippen molar-refractivity contribution < 1.29 is 27.9 Å². The largest absolute Gasteiger partial charge is 0.490 e. The van der Waals surface area contributed by atoms with Crippen molar-refractivity contribution in [2.75, 3.05) is 18.4 Å². The first-order valence-corrected chi connectivity index (χ1v) is 11.8. The number of carboxylic acids is 1. The van der Waals surface area contributed by atoms with Gasteiger partial charge in [0.1, 0.15) is 12.1 Å². The molecule has 1 aliphatic rings. The Morgan fingerprint density at radius 1 is 1.03 bits per heavy atom. The molecule has 0 aliphatic carbocycles. The molecule has 11 heteroatoms. The Morgan fingerprint density at radius 2 is 1.79 bits per heavy atom. The van der Waals surface area contributed by atoms with Crippen molar-refractivity contribution in [1.29, 1.82) is 0 Å². The van der Waals surface area contributed by atoms with Crippen LogP contribution in [0.15, 0.2) is 73.3 Å². The summed E-state index contributed by atoms with van der Waals surface area (Å²) in [4.78, 5) is 34.5. The number of aliphatic carboxylic acids is 1. The van der Waals surface area contributed by atoms with Crippen LogP contribution in [0.2, 0.25) is 0 Å². The molecular formula is C27H24F3N5O3. The topological polar surface area (TPSA) is 117 Å². The van der Waals surface area contributed by atoms with Crippen LogP contribution in [0.1, 0.15) is 34.7 Å². The van der Waals surface area contributed by atoms with E-state index in [1.54, 1.807) is 18.6 Å². The Labute approximate surface area is 216 Å². The molecule has 1 amide bonds. The van der Waals surface area contributed by atoms with E-state index < -0.39 is 12.1 Å². The number of pyridine rings is 1. The van der Waals surface area contributed by atoms with Gasteiger partial charge in [0.2, 0.25) is 0 Å². The van der Waals surface area contributed by atoms with Crippen LogP contribution in [0.4, 0.5) is 19.0 Å². The highest BCUT2D eigenvalue weighted by atomic mass is 19.4. The molecule has 3 heterocycles. The van der Waals surface area contributed by atoms with Gasteiger partial charge in [-0.3, -0.25) is 4.79 Å². The molecule has 0 bridgehead atoms. The van der Waals surface area contributed by atoms with Crippen LogP contribution >= 0.6 is 0 Å². The number of anilines is 1. The van der Waals surface area contributed by atoms with Crippen LogP contribution in [0.5, 0.6) is 0 Å². The SMILES string of the molecule is O=C(Nc1ccccn1)c1ccc(-c2ccc(C3CCCNC3)c3ncncc23)cc1.O=C(O)C(F)(F)F. The Kier molecular flexibility index (Phi) is 8.27. The summed E-state index contributed by atoms with van der Waals surface area (Å²) in [6.07, 6.45) is 2.43. The number of fused-ring (bicyclic) bond motifs is 1. The van der Waals surface area contributed by atoms with Crippen molar-refractivity contribution >= 4 is 28.6 Å². The number of hydrogen-bond acceptors (Lipinski definition) is 6. The second kappa shape index (κ2) is 11.8. The van der Waals surface area contributed by atoms with Gasteiger partial charge in [0, 0.05) is 29.9 Å². The monoisotopic (exact) mass is 523 g/mol. The summed E-state index contributed by atoms with van der Waals surface area (Å²) in [5.74, 6) is -1.93. The Morgan fingerprint density at radius 3 is 2.42 bits per heavy atom. The molecule has 1 aliphatic heterocycles. The Bertz CT molecular complexity index is 1410. The van der Waals surface area contributed by atoms with Crippen molar-refractivity contribution in [3.05, 3.63) is 84.4 Å². The predicted molar refractivity (Wildman–Crippen MR) is 136 cm³/mol. The van der Waals surface area contributed by atoms with Gasteiger partial charge in [0.25, 0.3) is 5.91 Å². The number of aromatic nitrogens is 3. The lowest BCUT2D eigenvalue weighted by atomic mass is 9.88. The fraction of sp³-hybridized carbons (Fsp3) is 0.222. The number of carboxylic acid groups (broad SMARTS) is 1. The minimum Gasteiger partial charge on any atom is -0.475 e. The van der Waals surface area contributed by atoms with E-state index in [1.807, 2.05) is 42.6 Å². The van der Waals surface area contributed by atoms with E-state index >= 15 is 0 Å². The maximum atomic E-state index is 12.5. The van der Waals surface area contributed by atoms with Crippen LogP contribution in [-0.4, -0.2) is 51.2 Å². The summed E-state index contributed by atoms with van der Waals surface area (Å²) in [6.45, 7) is 2.07. The highest BCUT2D eigenvalue weighted by Gasteiger charge is 2.38. The van der Waals surface area contributed by atoms with E-state index in [0.29, 0.717) is 17.3 Å². The van der Waals surface area contributed by atoms with Crippen molar-refractivity contribution in [2.45, 2.75) is 24.9 Å². The molecule has 5 rings (SSSR count). The average Bonchev–Trinajstić information content (AvgIpc) is 2.93. The van der Waals surface area contributed by atoms with Gasteiger partial charge in [-0.25, -0.2) is 19.7 Å². The first-order chi connectivity index (χ1) is 18.2. The lowest BCUT2D eigenvalue weighted by molar-refractivity contribution is -0.192. The number of carbonyl (C=O) groups is 2. The molecule has 3 N–H and O–H groups in total. The summed E-state index contributed by atoms with van der Waals surface area (Å²) in [5, 5.41) is 14.5. The molecule has 0 spiro atoms. The quantitative estimate of drug-likeness (QED) is 0.343. The van der Waals surface area contributed by atoms with E-state index in [0.717, 1.165) is 35.1 Å². The predicted octanol–water partition coefficient (Wildman–Crippen LogP) is 5.04. The first kappa shape index (κ1) is 26.7. The lowest BCUT2D eigenvalue weighted by Crippen LogP contribution is -2.28. The minimum atomic E-state index is -5.08. The fourth-order valence-corrected chi connectivity index (χ4v) is 4.22. The number of benzene rings is 2. The highest BCUT2D eigenvalue weighted by molar-refractivity contribution is 6.04. The number of amides is 1. The highest BCUT2D eigenvalue weighted by Crippen LogP contribution is 2.34. The third-order valence-corrected chi connectivity index (χ3v) is 6.05. The van der Waals surface area contributed by atoms with Crippen LogP contribution in [0.3, 0.4) is 0 Å². The maximum absolute atomic E-state index is 12.5. The second-order valence-electron chi connectivity index (χ2n) is 8.58. The molecule has 8 nitrogen and oxygen atoms in total. The second-order valence-corrected chi connectivity index (χ2v) is 8.58. The minimum absolute atomic E-state index is 0.182. The molecule has 38 heavy (non-hydrogen) atoms. The van der Waals surface area contributed by atoms with Crippen LogP contribution in [0.25, 0.3) is 22.0 Å². The normalized spacial score (nSPS) is 15.3. The Balaban J connectivity index is 0.000000426. The van der Waals surface area contributed by atoms with E-state index in [4.69, 9.17) is 9.90 Å². The van der Waals surface area contributed by atoms with Crippen LogP contribution in [0, 0.1) is 0 Å². The molecule has 1 unspecified atom stereocenters. The molecular weight excluding hydrogens is 499 g/mol. The van der Waals surface area contributed by atoms with E-state index in [9.17, 15) is 18.0 Å².